The number of aryl methyl sites for hydroxylation is 1. The Morgan fingerprint density at radius 2 is 1.48 bits per heavy atom. The van der Waals surface area contributed by atoms with Gasteiger partial charge in [0, 0.05) is 30.6 Å². The first-order valence-electron chi connectivity index (χ1n) is 11.8. The molecule has 1 aromatic heterocycles. The Bertz CT molecular complexity index is 1290. The number of nitrogens with zero attached hydrogens (tertiary/aromatic N) is 2. The van der Waals surface area contributed by atoms with Crippen LogP contribution in [0.2, 0.25) is 0 Å². The summed E-state index contributed by atoms with van der Waals surface area (Å²) in [6.45, 7) is 0.920. The number of hydrogen-bond donors (Lipinski definition) is 0. The van der Waals surface area contributed by atoms with Gasteiger partial charge in [-0.15, -0.1) is 11.3 Å². The number of rotatable bonds is 10. The number of methoxy groups -OCH3 is 1. The summed E-state index contributed by atoms with van der Waals surface area (Å²) >= 11 is 1.38. The molecule has 2 aromatic carbocycles. The molecule has 0 aliphatic heterocycles. The molecular weight excluding hydrogens is 565 g/mol. The lowest BCUT2D eigenvalue weighted by Crippen LogP contribution is -2.43. The molecule has 3 rings (SSSR count). The third-order valence-corrected chi connectivity index (χ3v) is 6.96. The zero-order chi connectivity index (χ0) is 29.7. The molecular formula is C27H25F7N2O3S. The van der Waals surface area contributed by atoms with Crippen molar-refractivity contribution in [3.63, 3.8) is 0 Å². The van der Waals surface area contributed by atoms with E-state index in [1.807, 2.05) is 18.4 Å². The number of benzene rings is 2. The van der Waals surface area contributed by atoms with Crippen LogP contribution in [0, 0.1) is 12.7 Å². The summed E-state index contributed by atoms with van der Waals surface area (Å²) in [5.74, 6) is -2.30. The number of alkyl halides is 6. The quantitative estimate of drug-likeness (QED) is 0.252. The third-order valence-electron chi connectivity index (χ3n) is 5.96. The lowest BCUT2D eigenvalue weighted by atomic mass is 10.0. The SMILES string of the molecule is COCCN(CC(=O)N(Cc1ccc(F)cc1)Cc1sccc1C)C(=O)c1cc(C(F)(F)F)cc(C(F)(F)F)c1. The molecule has 0 fully saturated rings. The number of carbonyl (C=O) groups is 2. The lowest BCUT2D eigenvalue weighted by molar-refractivity contribution is -0.143. The Hall–Kier alpha value is -3.45. The Kier molecular flexibility index (Phi) is 9.96. The topological polar surface area (TPSA) is 49.9 Å². The number of carbonyl (C=O) groups excluding carboxylic acids is 2. The largest absolute Gasteiger partial charge is 0.416 e. The van der Waals surface area contributed by atoms with E-state index in [0.29, 0.717) is 17.7 Å². The molecule has 0 unspecified atom stereocenters. The maximum Gasteiger partial charge on any atom is 0.416 e. The molecule has 1 heterocycles. The minimum Gasteiger partial charge on any atom is -0.383 e. The summed E-state index contributed by atoms with van der Waals surface area (Å²) in [6.07, 6.45) is -10.3. The van der Waals surface area contributed by atoms with Gasteiger partial charge in [0.1, 0.15) is 12.4 Å². The van der Waals surface area contributed by atoms with Crippen molar-refractivity contribution in [2.24, 2.45) is 0 Å². The third kappa shape index (κ3) is 8.28. The van der Waals surface area contributed by atoms with Crippen molar-refractivity contribution in [1.29, 1.82) is 0 Å². The van der Waals surface area contributed by atoms with Crippen molar-refractivity contribution in [2.45, 2.75) is 32.4 Å². The molecule has 0 saturated carbocycles. The van der Waals surface area contributed by atoms with E-state index >= 15 is 0 Å². The Morgan fingerprint density at radius 3 is 1.98 bits per heavy atom. The van der Waals surface area contributed by atoms with E-state index in [1.54, 1.807) is 0 Å². The van der Waals surface area contributed by atoms with Gasteiger partial charge in [-0.2, -0.15) is 26.3 Å². The monoisotopic (exact) mass is 590 g/mol. The predicted molar refractivity (Wildman–Crippen MR) is 134 cm³/mol. The second-order valence-electron chi connectivity index (χ2n) is 8.92. The van der Waals surface area contributed by atoms with Crippen molar-refractivity contribution in [1.82, 2.24) is 9.80 Å². The Labute approximate surface area is 229 Å². The zero-order valence-electron chi connectivity index (χ0n) is 21.4. The maximum atomic E-state index is 13.5. The molecule has 0 N–H and O–H groups in total. The minimum atomic E-state index is -5.14. The fraction of sp³-hybridized carbons (Fsp3) is 0.333. The van der Waals surface area contributed by atoms with Crippen LogP contribution >= 0.6 is 11.3 Å². The van der Waals surface area contributed by atoms with Crippen molar-refractivity contribution in [3.8, 4) is 0 Å². The van der Waals surface area contributed by atoms with E-state index in [9.17, 15) is 40.3 Å². The average molecular weight is 591 g/mol. The van der Waals surface area contributed by atoms with Gasteiger partial charge in [0.05, 0.1) is 24.3 Å². The molecule has 0 aliphatic carbocycles. The first kappa shape index (κ1) is 31.1. The van der Waals surface area contributed by atoms with E-state index in [1.165, 1.54) is 47.6 Å². The highest BCUT2D eigenvalue weighted by molar-refractivity contribution is 7.10. The fourth-order valence-electron chi connectivity index (χ4n) is 3.76. The lowest BCUT2D eigenvalue weighted by Gasteiger charge is -2.28. The molecule has 0 aliphatic rings. The highest BCUT2D eigenvalue weighted by Gasteiger charge is 2.38. The molecule has 0 bridgehead atoms. The van der Waals surface area contributed by atoms with Crippen molar-refractivity contribution in [2.75, 3.05) is 26.8 Å². The highest BCUT2D eigenvalue weighted by Crippen LogP contribution is 2.36. The van der Waals surface area contributed by atoms with Crippen LogP contribution in [-0.2, 0) is 35.0 Å². The van der Waals surface area contributed by atoms with Gasteiger partial charge in [0.2, 0.25) is 5.91 Å². The van der Waals surface area contributed by atoms with Gasteiger partial charge in [-0.05, 0) is 59.8 Å². The summed E-state index contributed by atoms with van der Waals surface area (Å²) in [5, 5.41) is 1.82. The van der Waals surface area contributed by atoms with Gasteiger partial charge >= 0.3 is 12.4 Å². The molecule has 0 radical (unpaired) electrons. The first-order valence-corrected chi connectivity index (χ1v) is 12.7. The number of thiophene rings is 1. The van der Waals surface area contributed by atoms with Crippen LogP contribution in [0.15, 0.2) is 53.9 Å². The highest BCUT2D eigenvalue weighted by atomic mass is 32.1. The van der Waals surface area contributed by atoms with E-state index in [-0.39, 0.29) is 32.3 Å². The standard InChI is InChI=1S/C27H25F7N2O3S/c1-17-7-10-40-23(17)15-36(14-18-3-5-22(28)6-4-18)24(37)16-35(8-9-39-2)25(38)19-11-20(26(29,30)31)13-21(12-19)27(32,33)34/h3-7,10-13H,8-9,14-16H2,1-2H3. The molecule has 0 saturated heterocycles. The summed E-state index contributed by atoms with van der Waals surface area (Å²) in [6, 6.07) is 7.82. The Morgan fingerprint density at radius 1 is 0.875 bits per heavy atom. The Balaban J connectivity index is 1.94. The first-order chi connectivity index (χ1) is 18.7. The van der Waals surface area contributed by atoms with Crippen molar-refractivity contribution in [3.05, 3.63) is 92.4 Å². The molecule has 0 atom stereocenters. The second kappa shape index (κ2) is 12.8. The summed E-state index contributed by atoms with van der Waals surface area (Å²) < 4.78 is 98.6. The predicted octanol–water partition coefficient (Wildman–Crippen LogP) is 6.55. The van der Waals surface area contributed by atoms with Gasteiger partial charge in [0.25, 0.3) is 5.91 Å². The van der Waals surface area contributed by atoms with Gasteiger partial charge in [0.15, 0.2) is 0 Å². The van der Waals surface area contributed by atoms with Crippen LogP contribution in [-0.4, -0.2) is 48.4 Å². The molecule has 40 heavy (non-hydrogen) atoms. The number of hydrogen-bond acceptors (Lipinski definition) is 4. The number of amides is 2. The van der Waals surface area contributed by atoms with Crippen LogP contribution in [0.25, 0.3) is 0 Å². The van der Waals surface area contributed by atoms with E-state index < -0.39 is 53.2 Å². The maximum absolute atomic E-state index is 13.5. The second-order valence-corrected chi connectivity index (χ2v) is 9.92. The van der Waals surface area contributed by atoms with Crippen LogP contribution < -0.4 is 0 Å². The molecule has 5 nitrogen and oxygen atoms in total. The molecule has 3 aromatic rings. The van der Waals surface area contributed by atoms with Gasteiger partial charge < -0.3 is 14.5 Å². The fourth-order valence-corrected chi connectivity index (χ4v) is 4.68. The smallest absolute Gasteiger partial charge is 0.383 e. The molecule has 216 valence electrons. The number of ether oxygens (including phenoxy) is 1. The van der Waals surface area contributed by atoms with E-state index in [0.717, 1.165) is 15.3 Å². The normalized spacial score (nSPS) is 11.9. The summed E-state index contributed by atoms with van der Waals surface area (Å²) in [4.78, 5) is 29.8. The molecule has 0 spiro atoms. The van der Waals surface area contributed by atoms with Gasteiger partial charge in [-0.1, -0.05) is 12.1 Å². The van der Waals surface area contributed by atoms with E-state index in [4.69, 9.17) is 4.74 Å². The summed E-state index contributed by atoms with van der Waals surface area (Å²) in [7, 11) is 1.29. The average Bonchev–Trinajstić information content (AvgIpc) is 3.29. The van der Waals surface area contributed by atoms with Crippen LogP contribution in [0.5, 0.6) is 0 Å². The molecule has 2 amide bonds. The molecule has 13 heteroatoms. The summed E-state index contributed by atoms with van der Waals surface area (Å²) in [5.41, 5.74) is -2.68. The minimum absolute atomic E-state index is 0.0184. The van der Waals surface area contributed by atoms with Crippen LogP contribution in [0.3, 0.4) is 0 Å². The van der Waals surface area contributed by atoms with Crippen LogP contribution in [0.4, 0.5) is 30.7 Å². The van der Waals surface area contributed by atoms with Crippen molar-refractivity contribution < 1.29 is 45.1 Å². The van der Waals surface area contributed by atoms with E-state index in [2.05, 4.69) is 0 Å². The zero-order valence-corrected chi connectivity index (χ0v) is 22.2. The van der Waals surface area contributed by atoms with Crippen molar-refractivity contribution >= 4 is 23.2 Å². The van der Waals surface area contributed by atoms with Crippen LogP contribution in [0.1, 0.15) is 37.5 Å². The van der Waals surface area contributed by atoms with Gasteiger partial charge in [-0.25, -0.2) is 4.39 Å². The van der Waals surface area contributed by atoms with Gasteiger partial charge in [-0.3, -0.25) is 9.59 Å². The number of halogens is 7.